The lowest BCUT2D eigenvalue weighted by Gasteiger charge is -2.24. The normalized spacial score (nSPS) is 20.8. The molecule has 3 atom stereocenters. The minimum atomic E-state index is -0.771. The molecule has 2 aromatic carbocycles. The molecular weight excluding hydrogens is 574 g/mol. The first-order valence-electron chi connectivity index (χ1n) is 13.0. The third-order valence-electron chi connectivity index (χ3n) is 7.99. The number of aromatic nitrogens is 2. The lowest BCUT2D eigenvalue weighted by molar-refractivity contribution is 0.111. The lowest BCUT2D eigenvalue weighted by Crippen LogP contribution is -2.33. The zero-order valence-electron chi connectivity index (χ0n) is 22.8. The van der Waals surface area contributed by atoms with Crippen LogP contribution in [0.1, 0.15) is 18.9 Å². The quantitative estimate of drug-likeness (QED) is 0.330. The Hall–Kier alpha value is -3.50. The Morgan fingerprint density at radius 2 is 2.05 bits per heavy atom. The van der Waals surface area contributed by atoms with Crippen molar-refractivity contribution in [1.82, 2.24) is 14.9 Å². The number of nitrogen functional groups attached to an aromatic ring is 1. The molecule has 13 heteroatoms. The summed E-state index contributed by atoms with van der Waals surface area (Å²) in [6, 6.07) is 4.55. The minimum Gasteiger partial charge on any atom is -0.489 e. The number of nitrogens with two attached hydrogens (primary N) is 1. The van der Waals surface area contributed by atoms with Crippen LogP contribution in [0, 0.1) is 23.0 Å². The molecule has 0 bridgehead atoms. The summed E-state index contributed by atoms with van der Waals surface area (Å²) in [7, 11) is 5.51. The largest absolute Gasteiger partial charge is 0.489 e. The van der Waals surface area contributed by atoms with Gasteiger partial charge in [0.2, 0.25) is 0 Å². The Kier molecular flexibility index (Phi) is 7.02. The van der Waals surface area contributed by atoms with Crippen LogP contribution >= 0.6 is 22.9 Å². The number of hydrogen-bond acceptors (Lipinski definition) is 10. The summed E-state index contributed by atoms with van der Waals surface area (Å²) in [4.78, 5) is 13.2. The number of nitriles is 1. The van der Waals surface area contributed by atoms with Crippen LogP contribution < -0.4 is 20.1 Å². The molecule has 1 fully saturated rings. The molecule has 0 spiro atoms. The predicted octanol–water partition coefficient (Wildman–Crippen LogP) is 5.21. The molecule has 4 aromatic rings. The standard InChI is InChI=1S/C28H27ClF2N6O3S/c1-12-10-39-24-20-23(34-28(35-27(20)37(12)3)40-11-13-7-14(38-4)9-36(13)2)22(31)19(21(24)29)15-5-6-17(30)25-18(15)16(8-32)26(33)41-25/h5-6,12-14H,7,9-11,33H2,1-4H3/t12-,13-,14+/m0/s1. The van der Waals surface area contributed by atoms with Crippen molar-refractivity contribution in [3.63, 3.8) is 0 Å². The van der Waals surface area contributed by atoms with Crippen LogP contribution in [0.2, 0.25) is 5.02 Å². The highest BCUT2D eigenvalue weighted by molar-refractivity contribution is 7.23. The van der Waals surface area contributed by atoms with E-state index in [-0.39, 0.29) is 85.5 Å². The van der Waals surface area contributed by atoms with Crippen molar-refractivity contribution >= 4 is 54.7 Å². The average Bonchev–Trinajstić information content (AvgIpc) is 3.46. The second-order valence-electron chi connectivity index (χ2n) is 10.4. The van der Waals surface area contributed by atoms with E-state index in [1.54, 1.807) is 7.11 Å². The summed E-state index contributed by atoms with van der Waals surface area (Å²) in [6.07, 6.45) is 0.879. The highest BCUT2D eigenvalue weighted by Gasteiger charge is 2.34. The van der Waals surface area contributed by atoms with Gasteiger partial charge in [0.1, 0.15) is 41.4 Å². The zero-order chi connectivity index (χ0) is 29.2. The number of rotatable bonds is 5. The van der Waals surface area contributed by atoms with E-state index in [0.29, 0.717) is 11.2 Å². The molecule has 41 heavy (non-hydrogen) atoms. The van der Waals surface area contributed by atoms with Crippen LogP contribution in [-0.2, 0) is 4.74 Å². The predicted molar refractivity (Wildman–Crippen MR) is 155 cm³/mol. The van der Waals surface area contributed by atoms with Crippen molar-refractivity contribution in [2.75, 3.05) is 51.6 Å². The third kappa shape index (κ3) is 4.39. The van der Waals surface area contributed by atoms with Crippen molar-refractivity contribution in [2.45, 2.75) is 31.5 Å². The summed E-state index contributed by atoms with van der Waals surface area (Å²) in [6.45, 7) is 3.24. The molecule has 0 saturated carbocycles. The van der Waals surface area contributed by atoms with E-state index >= 15 is 4.39 Å². The number of thiophene rings is 1. The maximum atomic E-state index is 16.7. The van der Waals surface area contributed by atoms with Gasteiger partial charge in [-0.3, -0.25) is 4.90 Å². The second-order valence-corrected chi connectivity index (χ2v) is 11.8. The van der Waals surface area contributed by atoms with E-state index in [2.05, 4.69) is 14.9 Å². The SMILES string of the molecule is CO[C@@H]1C[C@@H](COc2nc3c4c(c(Cl)c(-c5ccc(F)c6sc(N)c(C#N)c56)c(F)c4n2)OC[C@H](C)N3C)N(C)C1. The van der Waals surface area contributed by atoms with Gasteiger partial charge >= 0.3 is 6.01 Å². The Balaban J connectivity index is 1.57. The molecule has 1 saturated heterocycles. The van der Waals surface area contributed by atoms with Crippen molar-refractivity contribution < 1.29 is 23.0 Å². The maximum Gasteiger partial charge on any atom is 0.319 e. The smallest absolute Gasteiger partial charge is 0.319 e. The molecule has 6 rings (SSSR count). The average molecular weight is 601 g/mol. The molecule has 9 nitrogen and oxygen atoms in total. The fourth-order valence-electron chi connectivity index (χ4n) is 5.52. The van der Waals surface area contributed by atoms with Crippen LogP contribution in [0.3, 0.4) is 0 Å². The Morgan fingerprint density at radius 3 is 2.76 bits per heavy atom. The number of nitrogens with zero attached hydrogens (tertiary/aromatic N) is 5. The topological polar surface area (TPSA) is 110 Å². The van der Waals surface area contributed by atoms with Gasteiger partial charge in [-0.15, -0.1) is 11.3 Å². The number of likely N-dealkylation sites (tertiary alicyclic amines) is 1. The van der Waals surface area contributed by atoms with Crippen LogP contribution in [0.25, 0.3) is 32.1 Å². The molecule has 2 aromatic heterocycles. The van der Waals surface area contributed by atoms with Gasteiger partial charge in [-0.1, -0.05) is 17.7 Å². The molecule has 2 aliphatic rings. The first-order chi connectivity index (χ1) is 19.6. The first-order valence-corrected chi connectivity index (χ1v) is 14.2. The van der Waals surface area contributed by atoms with Crippen molar-refractivity contribution in [3.8, 4) is 29.0 Å². The Bertz CT molecular complexity index is 1740. The summed E-state index contributed by atoms with van der Waals surface area (Å²) >= 11 is 7.81. The van der Waals surface area contributed by atoms with Crippen LogP contribution in [0.15, 0.2) is 12.1 Å². The van der Waals surface area contributed by atoms with Gasteiger partial charge in [-0.25, -0.2) is 8.78 Å². The molecule has 0 aliphatic carbocycles. The summed E-state index contributed by atoms with van der Waals surface area (Å²) in [5.74, 6) is -0.730. The monoisotopic (exact) mass is 600 g/mol. The number of likely N-dealkylation sites (N-methyl/N-ethyl adjacent to an activating group) is 2. The number of fused-ring (bicyclic) bond motifs is 1. The fourth-order valence-corrected chi connectivity index (χ4v) is 6.81. The van der Waals surface area contributed by atoms with E-state index in [4.69, 9.17) is 31.5 Å². The number of methoxy groups -OCH3 is 1. The number of anilines is 2. The molecule has 214 valence electrons. The van der Waals surface area contributed by atoms with E-state index < -0.39 is 11.6 Å². The first kappa shape index (κ1) is 27.7. The van der Waals surface area contributed by atoms with Crippen LogP contribution in [0.5, 0.6) is 11.8 Å². The lowest BCUT2D eigenvalue weighted by atomic mass is 9.96. The molecule has 0 radical (unpaired) electrons. The van der Waals surface area contributed by atoms with Gasteiger partial charge in [0, 0.05) is 37.7 Å². The Labute approximate surface area is 244 Å². The third-order valence-corrected chi connectivity index (χ3v) is 9.38. The fraction of sp³-hybridized carbons (Fsp3) is 0.393. The Morgan fingerprint density at radius 1 is 1.27 bits per heavy atom. The maximum absolute atomic E-state index is 16.7. The highest BCUT2D eigenvalue weighted by Crippen LogP contribution is 2.50. The number of benzene rings is 2. The van der Waals surface area contributed by atoms with Crippen molar-refractivity contribution in [2.24, 2.45) is 0 Å². The van der Waals surface area contributed by atoms with E-state index in [9.17, 15) is 9.65 Å². The van der Waals surface area contributed by atoms with E-state index in [1.165, 1.54) is 12.1 Å². The zero-order valence-corrected chi connectivity index (χ0v) is 24.4. The van der Waals surface area contributed by atoms with Crippen LogP contribution in [-0.4, -0.2) is 74.0 Å². The van der Waals surface area contributed by atoms with E-state index in [0.717, 1.165) is 24.3 Å². The van der Waals surface area contributed by atoms with Gasteiger partial charge in [0.25, 0.3) is 0 Å². The molecule has 0 amide bonds. The van der Waals surface area contributed by atoms with Gasteiger partial charge in [-0.05, 0) is 32.0 Å². The van der Waals surface area contributed by atoms with Gasteiger partial charge in [-0.2, -0.15) is 15.2 Å². The summed E-state index contributed by atoms with van der Waals surface area (Å²) in [5.41, 5.74) is 6.17. The number of hydrogen-bond donors (Lipinski definition) is 1. The van der Waals surface area contributed by atoms with Gasteiger partial charge in [0.15, 0.2) is 11.6 Å². The molecule has 0 unspecified atom stereocenters. The van der Waals surface area contributed by atoms with Crippen molar-refractivity contribution in [1.29, 1.82) is 5.26 Å². The highest BCUT2D eigenvalue weighted by atomic mass is 35.5. The van der Waals surface area contributed by atoms with Gasteiger partial charge < -0.3 is 24.8 Å². The molecule has 4 heterocycles. The van der Waals surface area contributed by atoms with Crippen molar-refractivity contribution in [3.05, 3.63) is 34.4 Å². The van der Waals surface area contributed by atoms with Gasteiger partial charge in [0.05, 0.1) is 32.8 Å². The van der Waals surface area contributed by atoms with E-state index in [1.807, 2.05) is 32.0 Å². The summed E-state index contributed by atoms with van der Waals surface area (Å²) in [5, 5.41) is 10.4. The minimum absolute atomic E-state index is 0.00239. The number of halogens is 3. The number of ether oxygens (including phenoxy) is 3. The second kappa shape index (κ2) is 10.4. The molecule has 2 N–H and O–H groups in total. The van der Waals surface area contributed by atoms with Crippen LogP contribution in [0.4, 0.5) is 19.6 Å². The summed E-state index contributed by atoms with van der Waals surface area (Å²) < 4.78 is 49.3. The molecular formula is C28H27ClF2N6O3S. The molecule has 2 aliphatic heterocycles.